The lowest BCUT2D eigenvalue weighted by Crippen LogP contribution is -2.14. The third-order valence-corrected chi connectivity index (χ3v) is 4.30. The standard InChI is InChI=1S/C20H15ClN4O2/c1-27-16-7-3-6-15(11-16)23-20(26)18-8-9-25-19(24-18)17(12-22-25)13-4-2-5-14(21)10-13/h2-12H,1H3,(H,23,26). The van der Waals surface area contributed by atoms with Crippen LogP contribution in [0.25, 0.3) is 16.8 Å². The number of methoxy groups -OCH3 is 1. The molecule has 2 aromatic heterocycles. The molecule has 2 aromatic carbocycles. The molecular weight excluding hydrogens is 364 g/mol. The van der Waals surface area contributed by atoms with Crippen molar-refractivity contribution in [2.24, 2.45) is 0 Å². The first-order valence-electron chi connectivity index (χ1n) is 8.20. The molecule has 0 aliphatic carbocycles. The van der Waals surface area contributed by atoms with E-state index in [4.69, 9.17) is 16.3 Å². The van der Waals surface area contributed by atoms with Gasteiger partial charge in [-0.3, -0.25) is 4.79 Å². The maximum Gasteiger partial charge on any atom is 0.274 e. The molecule has 4 rings (SSSR count). The molecule has 0 unspecified atom stereocenters. The number of nitrogens with zero attached hydrogens (tertiary/aromatic N) is 3. The molecule has 0 saturated heterocycles. The van der Waals surface area contributed by atoms with E-state index in [1.54, 1.807) is 54.4 Å². The lowest BCUT2D eigenvalue weighted by molar-refractivity contribution is 0.102. The first-order valence-corrected chi connectivity index (χ1v) is 8.57. The zero-order valence-electron chi connectivity index (χ0n) is 14.4. The molecule has 0 radical (unpaired) electrons. The molecule has 4 aromatic rings. The van der Waals surface area contributed by atoms with Crippen LogP contribution in [0.5, 0.6) is 5.75 Å². The van der Waals surface area contributed by atoms with E-state index in [9.17, 15) is 4.79 Å². The number of fused-ring (bicyclic) bond motifs is 1. The molecular formula is C20H15ClN4O2. The van der Waals surface area contributed by atoms with Gasteiger partial charge in [0.25, 0.3) is 5.91 Å². The van der Waals surface area contributed by atoms with Crippen LogP contribution in [-0.2, 0) is 0 Å². The normalized spacial score (nSPS) is 10.7. The van der Waals surface area contributed by atoms with Crippen molar-refractivity contribution in [3.8, 4) is 16.9 Å². The van der Waals surface area contributed by atoms with Crippen molar-refractivity contribution < 1.29 is 9.53 Å². The Morgan fingerprint density at radius 2 is 2.00 bits per heavy atom. The minimum absolute atomic E-state index is 0.286. The number of rotatable bonds is 4. The molecule has 7 heteroatoms. The van der Waals surface area contributed by atoms with Crippen molar-refractivity contribution in [1.82, 2.24) is 14.6 Å². The van der Waals surface area contributed by atoms with Crippen molar-refractivity contribution in [1.29, 1.82) is 0 Å². The number of halogens is 1. The minimum atomic E-state index is -0.316. The Morgan fingerprint density at radius 1 is 1.15 bits per heavy atom. The van der Waals surface area contributed by atoms with E-state index in [0.717, 1.165) is 11.1 Å². The molecule has 0 aliphatic rings. The number of hydrogen-bond acceptors (Lipinski definition) is 4. The summed E-state index contributed by atoms with van der Waals surface area (Å²) < 4.78 is 6.80. The largest absolute Gasteiger partial charge is 0.497 e. The maximum atomic E-state index is 12.6. The highest BCUT2D eigenvalue weighted by Crippen LogP contribution is 2.26. The summed E-state index contributed by atoms with van der Waals surface area (Å²) in [5.41, 5.74) is 3.18. The van der Waals surface area contributed by atoms with Crippen LogP contribution in [-0.4, -0.2) is 27.6 Å². The third kappa shape index (κ3) is 3.47. The van der Waals surface area contributed by atoms with Crippen LogP contribution < -0.4 is 10.1 Å². The van der Waals surface area contributed by atoms with E-state index >= 15 is 0 Å². The average Bonchev–Trinajstić information content (AvgIpc) is 3.11. The molecule has 27 heavy (non-hydrogen) atoms. The fraction of sp³-hybridized carbons (Fsp3) is 0.0500. The van der Waals surface area contributed by atoms with Crippen LogP contribution in [0.3, 0.4) is 0 Å². The van der Waals surface area contributed by atoms with E-state index in [2.05, 4.69) is 15.4 Å². The summed E-state index contributed by atoms with van der Waals surface area (Å²) in [5.74, 6) is 0.347. The quantitative estimate of drug-likeness (QED) is 0.574. The molecule has 1 amide bonds. The fourth-order valence-corrected chi connectivity index (χ4v) is 2.94. The molecule has 0 saturated carbocycles. The Labute approximate surface area is 160 Å². The zero-order valence-corrected chi connectivity index (χ0v) is 15.1. The Kier molecular flexibility index (Phi) is 4.48. The SMILES string of the molecule is COc1cccc(NC(=O)c2ccn3ncc(-c4cccc(Cl)c4)c3n2)c1. The Hall–Kier alpha value is -3.38. The van der Waals surface area contributed by atoms with Crippen molar-refractivity contribution in [3.05, 3.63) is 77.7 Å². The number of anilines is 1. The molecule has 6 nitrogen and oxygen atoms in total. The first kappa shape index (κ1) is 17.1. The van der Waals surface area contributed by atoms with E-state index in [-0.39, 0.29) is 11.6 Å². The molecule has 0 aliphatic heterocycles. The Bertz CT molecular complexity index is 1140. The number of nitrogens with one attached hydrogen (secondary N) is 1. The highest BCUT2D eigenvalue weighted by Gasteiger charge is 2.13. The second-order valence-electron chi connectivity index (χ2n) is 5.84. The van der Waals surface area contributed by atoms with Crippen molar-refractivity contribution in [3.63, 3.8) is 0 Å². The lowest BCUT2D eigenvalue weighted by atomic mass is 10.1. The van der Waals surface area contributed by atoms with Crippen LogP contribution in [0.1, 0.15) is 10.5 Å². The lowest BCUT2D eigenvalue weighted by Gasteiger charge is -2.07. The van der Waals surface area contributed by atoms with Crippen LogP contribution in [0.2, 0.25) is 5.02 Å². The zero-order chi connectivity index (χ0) is 18.8. The molecule has 134 valence electrons. The molecule has 0 spiro atoms. The van der Waals surface area contributed by atoms with Crippen LogP contribution in [0.15, 0.2) is 67.0 Å². The average molecular weight is 379 g/mol. The van der Waals surface area contributed by atoms with Gasteiger partial charge in [0.15, 0.2) is 5.65 Å². The highest BCUT2D eigenvalue weighted by atomic mass is 35.5. The number of aromatic nitrogens is 3. The number of benzene rings is 2. The Morgan fingerprint density at radius 3 is 2.81 bits per heavy atom. The van der Waals surface area contributed by atoms with Gasteiger partial charge in [0.05, 0.1) is 13.3 Å². The highest BCUT2D eigenvalue weighted by molar-refractivity contribution is 6.30. The van der Waals surface area contributed by atoms with Gasteiger partial charge in [0, 0.05) is 28.5 Å². The van der Waals surface area contributed by atoms with Crippen LogP contribution in [0.4, 0.5) is 5.69 Å². The van der Waals surface area contributed by atoms with Gasteiger partial charge in [-0.15, -0.1) is 0 Å². The second kappa shape index (κ2) is 7.09. The predicted molar refractivity (Wildman–Crippen MR) is 104 cm³/mol. The van der Waals surface area contributed by atoms with Gasteiger partial charge in [0.1, 0.15) is 11.4 Å². The summed E-state index contributed by atoms with van der Waals surface area (Å²) in [6, 6.07) is 16.2. The third-order valence-electron chi connectivity index (χ3n) is 4.06. The van der Waals surface area contributed by atoms with Gasteiger partial charge in [-0.1, -0.05) is 29.8 Å². The van der Waals surface area contributed by atoms with Crippen molar-refractivity contribution >= 4 is 28.8 Å². The summed E-state index contributed by atoms with van der Waals surface area (Å²) in [5, 5.41) is 7.74. The van der Waals surface area contributed by atoms with E-state index in [1.165, 1.54) is 0 Å². The predicted octanol–water partition coefficient (Wildman–Crippen LogP) is 4.31. The summed E-state index contributed by atoms with van der Waals surface area (Å²) in [7, 11) is 1.58. The summed E-state index contributed by atoms with van der Waals surface area (Å²) in [4.78, 5) is 17.1. The minimum Gasteiger partial charge on any atom is -0.497 e. The van der Waals surface area contributed by atoms with E-state index in [0.29, 0.717) is 22.1 Å². The maximum absolute atomic E-state index is 12.6. The van der Waals surface area contributed by atoms with Gasteiger partial charge in [-0.25, -0.2) is 9.50 Å². The summed E-state index contributed by atoms with van der Waals surface area (Å²) in [6.07, 6.45) is 3.41. The fourth-order valence-electron chi connectivity index (χ4n) is 2.75. The van der Waals surface area contributed by atoms with Crippen LogP contribution in [0, 0.1) is 0 Å². The smallest absolute Gasteiger partial charge is 0.274 e. The summed E-state index contributed by atoms with van der Waals surface area (Å²) in [6.45, 7) is 0. The molecule has 0 atom stereocenters. The van der Waals surface area contributed by atoms with Crippen molar-refractivity contribution in [2.75, 3.05) is 12.4 Å². The molecule has 0 bridgehead atoms. The van der Waals surface area contributed by atoms with Gasteiger partial charge in [0.2, 0.25) is 0 Å². The Balaban J connectivity index is 1.68. The van der Waals surface area contributed by atoms with E-state index < -0.39 is 0 Å². The monoisotopic (exact) mass is 378 g/mol. The van der Waals surface area contributed by atoms with Crippen molar-refractivity contribution in [2.45, 2.75) is 0 Å². The topological polar surface area (TPSA) is 68.5 Å². The van der Waals surface area contributed by atoms with Gasteiger partial charge >= 0.3 is 0 Å². The molecule has 0 fully saturated rings. The molecule has 2 heterocycles. The van der Waals surface area contributed by atoms with Gasteiger partial charge in [-0.2, -0.15) is 5.10 Å². The second-order valence-corrected chi connectivity index (χ2v) is 6.27. The van der Waals surface area contributed by atoms with E-state index in [1.807, 2.05) is 24.3 Å². The number of amides is 1. The van der Waals surface area contributed by atoms with Crippen LogP contribution >= 0.6 is 11.6 Å². The number of carbonyl (C=O) groups is 1. The number of ether oxygens (including phenoxy) is 1. The molecule has 1 N–H and O–H groups in total. The number of hydrogen-bond donors (Lipinski definition) is 1. The summed E-state index contributed by atoms with van der Waals surface area (Å²) >= 11 is 6.09. The number of carbonyl (C=O) groups excluding carboxylic acids is 1. The van der Waals surface area contributed by atoms with Gasteiger partial charge in [-0.05, 0) is 35.9 Å². The van der Waals surface area contributed by atoms with Gasteiger partial charge < -0.3 is 10.1 Å². The first-order chi connectivity index (χ1) is 13.1.